The van der Waals surface area contributed by atoms with Crippen molar-refractivity contribution in [3.63, 3.8) is 0 Å². The van der Waals surface area contributed by atoms with Gasteiger partial charge in [0.1, 0.15) is 17.5 Å². The number of hydrogen-bond donors (Lipinski definition) is 3. The van der Waals surface area contributed by atoms with Crippen LogP contribution in [-0.4, -0.2) is 29.6 Å². The van der Waals surface area contributed by atoms with E-state index < -0.39 is 24.0 Å². The quantitative estimate of drug-likeness (QED) is 0.242. The van der Waals surface area contributed by atoms with E-state index >= 15 is 0 Å². The highest BCUT2D eigenvalue weighted by Crippen LogP contribution is 2.23. The first-order chi connectivity index (χ1) is 18.6. The Labute approximate surface area is 222 Å². The van der Waals surface area contributed by atoms with E-state index in [1.807, 2.05) is 66.7 Å². The third-order valence-electron chi connectivity index (χ3n) is 5.71. The minimum atomic E-state index is -0.984. The van der Waals surface area contributed by atoms with Crippen LogP contribution in [0.5, 0.6) is 11.5 Å². The van der Waals surface area contributed by atoms with Crippen LogP contribution in [0.2, 0.25) is 0 Å². The summed E-state index contributed by atoms with van der Waals surface area (Å²) in [6, 6.07) is 33.8. The highest BCUT2D eigenvalue weighted by atomic mass is 16.5. The lowest BCUT2D eigenvalue weighted by molar-refractivity contribution is -0.129. The Bertz CT molecular complexity index is 1280. The van der Waals surface area contributed by atoms with Crippen LogP contribution >= 0.6 is 0 Å². The second-order valence-electron chi connectivity index (χ2n) is 8.68. The molecular weight excluding hydrogens is 480 g/mol. The van der Waals surface area contributed by atoms with Crippen molar-refractivity contribution in [3.8, 4) is 11.5 Å². The van der Waals surface area contributed by atoms with E-state index in [1.54, 1.807) is 48.5 Å². The van der Waals surface area contributed by atoms with Gasteiger partial charge in [-0.15, -0.1) is 0 Å². The van der Waals surface area contributed by atoms with Gasteiger partial charge in [0.2, 0.25) is 11.8 Å². The third kappa shape index (κ3) is 8.30. The van der Waals surface area contributed by atoms with Crippen LogP contribution < -0.4 is 15.4 Å². The van der Waals surface area contributed by atoms with E-state index in [4.69, 9.17) is 9.47 Å². The molecule has 0 aliphatic carbocycles. The summed E-state index contributed by atoms with van der Waals surface area (Å²) in [5, 5.41) is 16.0. The Balaban J connectivity index is 1.37. The Morgan fingerprint density at radius 1 is 0.737 bits per heavy atom. The van der Waals surface area contributed by atoms with Crippen molar-refractivity contribution in [2.75, 3.05) is 11.9 Å². The minimum Gasteiger partial charge on any atom is -0.457 e. The molecule has 0 heterocycles. The van der Waals surface area contributed by atoms with Gasteiger partial charge >= 0.3 is 0 Å². The molecule has 0 aromatic heterocycles. The van der Waals surface area contributed by atoms with Gasteiger partial charge in [-0.1, -0.05) is 78.9 Å². The Kier molecular flexibility index (Phi) is 9.62. The van der Waals surface area contributed by atoms with Crippen molar-refractivity contribution in [2.24, 2.45) is 0 Å². The highest BCUT2D eigenvalue weighted by molar-refractivity contribution is 5.97. The first-order valence-corrected chi connectivity index (χ1v) is 12.3. The lowest BCUT2D eigenvalue weighted by Crippen LogP contribution is -2.47. The molecule has 194 valence electrons. The first-order valence-electron chi connectivity index (χ1n) is 12.3. The van der Waals surface area contributed by atoms with E-state index in [0.29, 0.717) is 29.4 Å². The molecule has 0 saturated heterocycles. The average Bonchev–Trinajstić information content (AvgIpc) is 2.95. The molecule has 4 aromatic rings. The number of aliphatic hydroxyl groups is 1. The molecule has 0 aliphatic heterocycles. The number of carbonyl (C=O) groups excluding carboxylic acids is 2. The van der Waals surface area contributed by atoms with Crippen molar-refractivity contribution in [2.45, 2.75) is 25.2 Å². The molecule has 7 heteroatoms. The summed E-state index contributed by atoms with van der Waals surface area (Å²) in [6.07, 6.45) is -1.17. The molecule has 0 spiro atoms. The van der Waals surface area contributed by atoms with Crippen molar-refractivity contribution in [3.05, 3.63) is 126 Å². The topological polar surface area (TPSA) is 96.9 Å². The number of para-hydroxylation sites is 1. The fourth-order valence-electron chi connectivity index (χ4n) is 3.73. The summed E-state index contributed by atoms with van der Waals surface area (Å²) >= 11 is 0. The van der Waals surface area contributed by atoms with E-state index in [9.17, 15) is 14.7 Å². The van der Waals surface area contributed by atoms with Gasteiger partial charge in [0.25, 0.3) is 0 Å². The van der Waals surface area contributed by atoms with E-state index in [2.05, 4.69) is 10.6 Å². The minimum absolute atomic E-state index is 0.0386. The van der Waals surface area contributed by atoms with Gasteiger partial charge in [0, 0.05) is 5.69 Å². The SMILES string of the molecule is O=C(C[C@H](O)c1ccccc1)NC(COCc1ccccc1)C(=O)Nc1ccc(Oc2ccccc2)cc1. The number of carbonyl (C=O) groups is 2. The lowest BCUT2D eigenvalue weighted by atomic mass is 10.1. The number of nitrogens with one attached hydrogen (secondary N) is 2. The smallest absolute Gasteiger partial charge is 0.249 e. The van der Waals surface area contributed by atoms with Crippen molar-refractivity contribution in [1.82, 2.24) is 5.32 Å². The average molecular weight is 511 g/mol. The number of rotatable bonds is 12. The molecule has 0 aliphatic rings. The van der Waals surface area contributed by atoms with Gasteiger partial charge in [0.15, 0.2) is 0 Å². The molecular formula is C31H30N2O5. The van der Waals surface area contributed by atoms with Crippen LogP contribution in [0.4, 0.5) is 5.69 Å². The fraction of sp³-hybridized carbons (Fsp3) is 0.161. The summed E-state index contributed by atoms with van der Waals surface area (Å²) in [5.41, 5.74) is 2.12. The van der Waals surface area contributed by atoms with Crippen LogP contribution in [-0.2, 0) is 20.9 Å². The molecule has 4 aromatic carbocycles. The van der Waals surface area contributed by atoms with Crippen LogP contribution in [0.1, 0.15) is 23.7 Å². The summed E-state index contributed by atoms with van der Waals surface area (Å²) in [6.45, 7) is 0.252. The second-order valence-corrected chi connectivity index (χ2v) is 8.68. The maximum absolute atomic E-state index is 13.1. The first kappa shape index (κ1) is 26.6. The summed E-state index contributed by atoms with van der Waals surface area (Å²) < 4.78 is 11.6. The summed E-state index contributed by atoms with van der Waals surface area (Å²) in [7, 11) is 0. The number of hydrogen-bond acceptors (Lipinski definition) is 5. The van der Waals surface area contributed by atoms with E-state index in [-0.39, 0.29) is 13.0 Å². The van der Waals surface area contributed by atoms with Gasteiger partial charge < -0.3 is 25.2 Å². The maximum Gasteiger partial charge on any atom is 0.249 e. The Morgan fingerprint density at radius 2 is 1.32 bits per heavy atom. The number of amides is 2. The van der Waals surface area contributed by atoms with Gasteiger partial charge in [-0.3, -0.25) is 9.59 Å². The van der Waals surface area contributed by atoms with Crippen LogP contribution in [0.25, 0.3) is 0 Å². The monoisotopic (exact) mass is 510 g/mol. The molecule has 4 rings (SSSR count). The zero-order chi connectivity index (χ0) is 26.6. The van der Waals surface area contributed by atoms with Crippen molar-refractivity contribution < 1.29 is 24.2 Å². The number of benzene rings is 4. The number of ether oxygens (including phenoxy) is 2. The van der Waals surface area contributed by atoms with Crippen LogP contribution in [0.3, 0.4) is 0 Å². The third-order valence-corrected chi connectivity index (χ3v) is 5.71. The van der Waals surface area contributed by atoms with Gasteiger partial charge in [-0.25, -0.2) is 0 Å². The van der Waals surface area contributed by atoms with Crippen LogP contribution in [0, 0.1) is 0 Å². The molecule has 0 fully saturated rings. The zero-order valence-corrected chi connectivity index (χ0v) is 20.8. The molecule has 1 unspecified atom stereocenters. The maximum atomic E-state index is 13.1. The highest BCUT2D eigenvalue weighted by Gasteiger charge is 2.23. The predicted octanol–water partition coefficient (Wildman–Crippen LogP) is 5.24. The summed E-state index contributed by atoms with van der Waals surface area (Å²) in [5.74, 6) is 0.439. The second kappa shape index (κ2) is 13.7. The molecule has 38 heavy (non-hydrogen) atoms. The van der Waals surface area contributed by atoms with Crippen molar-refractivity contribution >= 4 is 17.5 Å². The predicted molar refractivity (Wildman–Crippen MR) is 146 cm³/mol. The van der Waals surface area contributed by atoms with Crippen molar-refractivity contribution in [1.29, 1.82) is 0 Å². The van der Waals surface area contributed by atoms with Crippen LogP contribution in [0.15, 0.2) is 115 Å². The molecule has 7 nitrogen and oxygen atoms in total. The largest absolute Gasteiger partial charge is 0.457 e. The number of anilines is 1. The molecule has 0 radical (unpaired) electrons. The standard InChI is InChI=1S/C31H30N2O5/c34-29(24-12-6-2-7-13-24)20-30(35)33-28(22-37-21-23-10-4-1-5-11-23)31(36)32-25-16-18-27(19-17-25)38-26-14-8-3-9-15-26/h1-19,28-29,34H,20-22H2,(H,32,36)(H,33,35)/t28?,29-/m0/s1. The normalized spacial score (nSPS) is 12.2. The van der Waals surface area contributed by atoms with Gasteiger partial charge in [-0.05, 0) is 47.5 Å². The Morgan fingerprint density at radius 3 is 1.97 bits per heavy atom. The van der Waals surface area contributed by atoms with Gasteiger partial charge in [0.05, 0.1) is 25.7 Å². The summed E-state index contributed by atoms with van der Waals surface area (Å²) in [4.78, 5) is 25.8. The number of aliphatic hydroxyl groups excluding tert-OH is 1. The molecule has 0 saturated carbocycles. The zero-order valence-electron chi connectivity index (χ0n) is 20.8. The van der Waals surface area contributed by atoms with E-state index in [0.717, 1.165) is 5.56 Å². The Hall–Kier alpha value is -4.46. The lowest BCUT2D eigenvalue weighted by Gasteiger charge is -2.20. The van der Waals surface area contributed by atoms with Gasteiger partial charge in [-0.2, -0.15) is 0 Å². The molecule has 0 bridgehead atoms. The fourth-order valence-corrected chi connectivity index (χ4v) is 3.73. The van der Waals surface area contributed by atoms with E-state index in [1.165, 1.54) is 0 Å². The molecule has 3 N–H and O–H groups in total. The molecule has 2 atom stereocenters. The molecule has 2 amide bonds.